The van der Waals surface area contributed by atoms with Crippen LogP contribution in [0.15, 0.2) is 54.6 Å². The lowest BCUT2D eigenvalue weighted by molar-refractivity contribution is -0.127. The van der Waals surface area contributed by atoms with E-state index >= 15 is 0 Å². The minimum atomic E-state index is -0.260. The molecule has 0 aliphatic heterocycles. The zero-order valence-electron chi connectivity index (χ0n) is 13.6. The Balaban J connectivity index is 1.49. The number of para-hydroxylation sites is 1. The maximum atomic E-state index is 13.1. The molecule has 5 heteroatoms. The summed E-state index contributed by atoms with van der Waals surface area (Å²) in [6, 6.07) is 14.5. The van der Waals surface area contributed by atoms with Crippen molar-refractivity contribution in [1.82, 2.24) is 9.88 Å². The number of aromatic nitrogens is 1. The van der Waals surface area contributed by atoms with Crippen molar-refractivity contribution in [2.24, 2.45) is 0 Å². The van der Waals surface area contributed by atoms with E-state index in [0.29, 0.717) is 6.54 Å². The minimum absolute atomic E-state index is 0.0221. The molecule has 1 fully saturated rings. The fraction of sp³-hybridized carbons (Fsp3) is 0.200. The second kappa shape index (κ2) is 6.76. The number of halogens is 1. The molecular formula is C20H17FN2OS. The zero-order valence-corrected chi connectivity index (χ0v) is 14.4. The van der Waals surface area contributed by atoms with Gasteiger partial charge < -0.3 is 4.90 Å². The van der Waals surface area contributed by atoms with Gasteiger partial charge in [0.2, 0.25) is 5.91 Å². The van der Waals surface area contributed by atoms with E-state index in [4.69, 9.17) is 0 Å². The second-order valence-electron chi connectivity index (χ2n) is 6.18. The molecule has 1 aromatic heterocycles. The van der Waals surface area contributed by atoms with Crippen LogP contribution in [0.1, 0.15) is 23.4 Å². The van der Waals surface area contributed by atoms with Crippen molar-refractivity contribution in [3.63, 3.8) is 0 Å². The number of hydrogen-bond donors (Lipinski definition) is 0. The van der Waals surface area contributed by atoms with E-state index in [1.165, 1.54) is 12.1 Å². The van der Waals surface area contributed by atoms with Crippen molar-refractivity contribution in [1.29, 1.82) is 0 Å². The van der Waals surface area contributed by atoms with Gasteiger partial charge in [-0.2, -0.15) is 0 Å². The summed E-state index contributed by atoms with van der Waals surface area (Å²) < 4.78 is 14.2. The average molecular weight is 352 g/mol. The van der Waals surface area contributed by atoms with Gasteiger partial charge in [-0.05, 0) is 48.7 Å². The summed E-state index contributed by atoms with van der Waals surface area (Å²) in [6.07, 6.45) is 5.44. The summed E-state index contributed by atoms with van der Waals surface area (Å²) in [5, 5.41) is 0.826. The zero-order chi connectivity index (χ0) is 17.2. The molecule has 0 saturated heterocycles. The Hall–Kier alpha value is -2.53. The quantitative estimate of drug-likeness (QED) is 0.627. The first kappa shape index (κ1) is 16.0. The van der Waals surface area contributed by atoms with Gasteiger partial charge in [-0.1, -0.05) is 24.3 Å². The highest BCUT2D eigenvalue weighted by atomic mass is 32.1. The van der Waals surface area contributed by atoms with Gasteiger partial charge in [-0.25, -0.2) is 9.37 Å². The molecule has 0 atom stereocenters. The number of benzene rings is 2. The Morgan fingerprint density at radius 2 is 1.96 bits per heavy atom. The molecule has 0 unspecified atom stereocenters. The minimum Gasteiger partial charge on any atom is -0.332 e. The van der Waals surface area contributed by atoms with Crippen LogP contribution in [0.4, 0.5) is 4.39 Å². The van der Waals surface area contributed by atoms with Crippen LogP contribution in [0, 0.1) is 5.82 Å². The molecule has 1 aliphatic carbocycles. The standard InChI is InChI=1S/C20H17FN2OS/c21-15-7-5-14(6-8-15)13-23(16-9-10-16)20(24)12-11-19-22-17-3-1-2-4-18(17)25-19/h1-8,11-12,16H,9-10,13H2/b12-11+. The summed E-state index contributed by atoms with van der Waals surface area (Å²) in [5.41, 5.74) is 1.89. The van der Waals surface area contributed by atoms with E-state index in [-0.39, 0.29) is 17.8 Å². The lowest BCUT2D eigenvalue weighted by Crippen LogP contribution is -2.31. The molecule has 0 N–H and O–H groups in total. The van der Waals surface area contributed by atoms with Gasteiger partial charge in [0.25, 0.3) is 0 Å². The normalized spacial score (nSPS) is 14.3. The SMILES string of the molecule is O=C(/C=C/c1nc2ccccc2s1)N(Cc1ccc(F)cc1)C1CC1. The third-order valence-corrected chi connectivity index (χ3v) is 5.22. The van der Waals surface area contributed by atoms with E-state index < -0.39 is 0 Å². The van der Waals surface area contributed by atoms with Crippen molar-refractivity contribution in [3.8, 4) is 0 Å². The van der Waals surface area contributed by atoms with Crippen molar-refractivity contribution in [3.05, 3.63) is 71.0 Å². The molecule has 0 spiro atoms. The molecule has 25 heavy (non-hydrogen) atoms. The molecule has 3 aromatic rings. The topological polar surface area (TPSA) is 33.2 Å². The molecular weight excluding hydrogens is 335 g/mol. The summed E-state index contributed by atoms with van der Waals surface area (Å²) in [7, 11) is 0. The van der Waals surface area contributed by atoms with Gasteiger partial charge >= 0.3 is 0 Å². The fourth-order valence-corrected chi connectivity index (χ4v) is 3.63. The van der Waals surface area contributed by atoms with Gasteiger partial charge in [0.1, 0.15) is 10.8 Å². The van der Waals surface area contributed by atoms with Crippen LogP contribution in [0.25, 0.3) is 16.3 Å². The molecule has 2 aromatic carbocycles. The monoisotopic (exact) mass is 352 g/mol. The molecule has 0 radical (unpaired) electrons. The Morgan fingerprint density at radius 3 is 2.68 bits per heavy atom. The van der Waals surface area contributed by atoms with Crippen LogP contribution in [-0.2, 0) is 11.3 Å². The van der Waals surface area contributed by atoms with Crippen molar-refractivity contribution >= 4 is 33.5 Å². The van der Waals surface area contributed by atoms with Gasteiger partial charge in [0.15, 0.2) is 0 Å². The fourth-order valence-electron chi connectivity index (χ4n) is 2.76. The third kappa shape index (κ3) is 3.77. The van der Waals surface area contributed by atoms with Crippen molar-refractivity contribution in [2.75, 3.05) is 0 Å². The first-order chi connectivity index (χ1) is 12.2. The number of nitrogens with zero attached hydrogens (tertiary/aromatic N) is 2. The van der Waals surface area contributed by atoms with Gasteiger partial charge in [0.05, 0.1) is 10.2 Å². The molecule has 0 bridgehead atoms. The molecule has 1 heterocycles. The van der Waals surface area contributed by atoms with Gasteiger partial charge in [-0.15, -0.1) is 11.3 Å². The van der Waals surface area contributed by atoms with Crippen molar-refractivity contribution < 1.29 is 9.18 Å². The summed E-state index contributed by atoms with van der Waals surface area (Å²) in [5.74, 6) is -0.283. The number of fused-ring (bicyclic) bond motifs is 1. The summed E-state index contributed by atoms with van der Waals surface area (Å²) in [6.45, 7) is 0.508. The predicted molar refractivity (Wildman–Crippen MR) is 98.6 cm³/mol. The lowest BCUT2D eigenvalue weighted by Gasteiger charge is -2.20. The summed E-state index contributed by atoms with van der Waals surface area (Å²) >= 11 is 1.57. The highest BCUT2D eigenvalue weighted by Crippen LogP contribution is 2.29. The first-order valence-electron chi connectivity index (χ1n) is 8.28. The van der Waals surface area contributed by atoms with E-state index in [1.54, 1.807) is 35.6 Å². The Morgan fingerprint density at radius 1 is 1.20 bits per heavy atom. The molecule has 1 amide bonds. The van der Waals surface area contributed by atoms with Crippen LogP contribution in [0.2, 0.25) is 0 Å². The molecule has 4 rings (SSSR count). The van der Waals surface area contributed by atoms with Crippen LogP contribution in [0.5, 0.6) is 0 Å². The van der Waals surface area contributed by atoms with E-state index in [9.17, 15) is 9.18 Å². The van der Waals surface area contributed by atoms with Gasteiger partial charge in [0, 0.05) is 18.7 Å². The summed E-state index contributed by atoms with van der Waals surface area (Å²) in [4.78, 5) is 19.0. The Labute approximate surface area is 149 Å². The Kier molecular flexibility index (Phi) is 4.32. The highest BCUT2D eigenvalue weighted by Gasteiger charge is 2.31. The highest BCUT2D eigenvalue weighted by molar-refractivity contribution is 7.19. The number of hydrogen-bond acceptors (Lipinski definition) is 3. The van der Waals surface area contributed by atoms with Gasteiger partial charge in [-0.3, -0.25) is 4.79 Å². The van der Waals surface area contributed by atoms with E-state index in [0.717, 1.165) is 33.6 Å². The van der Waals surface area contributed by atoms with E-state index in [2.05, 4.69) is 4.98 Å². The maximum absolute atomic E-state index is 13.1. The second-order valence-corrected chi connectivity index (χ2v) is 7.24. The smallest absolute Gasteiger partial charge is 0.247 e. The van der Waals surface area contributed by atoms with Crippen LogP contribution in [-0.4, -0.2) is 21.8 Å². The Bertz CT molecular complexity index is 895. The number of amides is 1. The average Bonchev–Trinajstić information content (AvgIpc) is 3.37. The number of rotatable bonds is 5. The maximum Gasteiger partial charge on any atom is 0.247 e. The predicted octanol–water partition coefficient (Wildman–Crippen LogP) is 4.64. The van der Waals surface area contributed by atoms with Crippen LogP contribution >= 0.6 is 11.3 Å². The van der Waals surface area contributed by atoms with Crippen LogP contribution < -0.4 is 0 Å². The number of carbonyl (C=O) groups is 1. The largest absolute Gasteiger partial charge is 0.332 e. The molecule has 1 aliphatic rings. The number of thiazole rings is 1. The third-order valence-electron chi connectivity index (χ3n) is 4.22. The molecule has 1 saturated carbocycles. The number of carbonyl (C=O) groups excluding carboxylic acids is 1. The molecule has 3 nitrogen and oxygen atoms in total. The van der Waals surface area contributed by atoms with Crippen LogP contribution in [0.3, 0.4) is 0 Å². The first-order valence-corrected chi connectivity index (χ1v) is 9.09. The molecule has 126 valence electrons. The van der Waals surface area contributed by atoms with Crippen molar-refractivity contribution in [2.45, 2.75) is 25.4 Å². The van der Waals surface area contributed by atoms with E-state index in [1.807, 2.05) is 29.2 Å². The lowest BCUT2D eigenvalue weighted by atomic mass is 10.2.